The highest BCUT2D eigenvalue weighted by Crippen LogP contribution is 2.27. The predicted molar refractivity (Wildman–Crippen MR) is 90.4 cm³/mol. The maximum absolute atomic E-state index is 12.8. The Hall–Kier alpha value is -2.37. The standard InChI is InChI=1S/C18H22N4O2/c1-11(2)18-20-13-5-3-4-6-15(13)22(18)10-17(24)21-8-12-7-16(23)19-14(12)9-21/h3-6,11-12,14H,7-10H2,1-2H3,(H,19,23)/t12-,14+/m0/s1. The topological polar surface area (TPSA) is 67.2 Å². The molecule has 3 heterocycles. The minimum Gasteiger partial charge on any atom is -0.351 e. The zero-order chi connectivity index (χ0) is 16.8. The Morgan fingerprint density at radius 2 is 2.12 bits per heavy atom. The number of amides is 2. The van der Waals surface area contributed by atoms with Gasteiger partial charge < -0.3 is 14.8 Å². The fourth-order valence-corrected chi connectivity index (χ4v) is 3.89. The van der Waals surface area contributed by atoms with Gasteiger partial charge in [-0.3, -0.25) is 9.59 Å². The molecule has 2 amide bonds. The number of fused-ring (bicyclic) bond motifs is 2. The molecule has 6 heteroatoms. The molecular weight excluding hydrogens is 304 g/mol. The number of carbonyl (C=O) groups excluding carboxylic acids is 2. The zero-order valence-electron chi connectivity index (χ0n) is 14.0. The van der Waals surface area contributed by atoms with Crippen LogP contribution >= 0.6 is 0 Å². The van der Waals surface area contributed by atoms with E-state index in [1.807, 2.05) is 33.7 Å². The van der Waals surface area contributed by atoms with E-state index >= 15 is 0 Å². The lowest BCUT2D eigenvalue weighted by Gasteiger charge is -2.19. The van der Waals surface area contributed by atoms with Crippen LogP contribution in [0.15, 0.2) is 24.3 Å². The predicted octanol–water partition coefficient (Wildman–Crippen LogP) is 1.51. The van der Waals surface area contributed by atoms with E-state index in [2.05, 4.69) is 19.2 Å². The number of likely N-dealkylation sites (tertiary alicyclic amines) is 1. The Morgan fingerprint density at radius 3 is 2.88 bits per heavy atom. The lowest BCUT2D eigenvalue weighted by Crippen LogP contribution is -2.37. The number of benzene rings is 1. The first kappa shape index (κ1) is 15.2. The summed E-state index contributed by atoms with van der Waals surface area (Å²) in [5.74, 6) is 1.67. The number of para-hydroxylation sites is 2. The van der Waals surface area contributed by atoms with Crippen LogP contribution in [0.25, 0.3) is 11.0 Å². The highest BCUT2D eigenvalue weighted by atomic mass is 16.2. The van der Waals surface area contributed by atoms with E-state index < -0.39 is 0 Å². The van der Waals surface area contributed by atoms with Crippen LogP contribution in [-0.2, 0) is 16.1 Å². The highest BCUT2D eigenvalue weighted by molar-refractivity contribution is 5.83. The van der Waals surface area contributed by atoms with E-state index in [0.717, 1.165) is 16.9 Å². The van der Waals surface area contributed by atoms with Gasteiger partial charge in [-0.2, -0.15) is 0 Å². The molecule has 1 aromatic carbocycles. The van der Waals surface area contributed by atoms with Crippen LogP contribution in [0.5, 0.6) is 0 Å². The summed E-state index contributed by atoms with van der Waals surface area (Å²) < 4.78 is 2.04. The Kier molecular flexibility index (Phi) is 3.55. The monoisotopic (exact) mass is 326 g/mol. The van der Waals surface area contributed by atoms with E-state index in [0.29, 0.717) is 26.1 Å². The fourth-order valence-electron chi connectivity index (χ4n) is 3.89. The Balaban J connectivity index is 1.57. The number of hydrogen-bond acceptors (Lipinski definition) is 3. The number of hydrogen-bond donors (Lipinski definition) is 1. The van der Waals surface area contributed by atoms with Gasteiger partial charge in [0, 0.05) is 31.3 Å². The van der Waals surface area contributed by atoms with Gasteiger partial charge in [-0.15, -0.1) is 0 Å². The van der Waals surface area contributed by atoms with Gasteiger partial charge in [0.25, 0.3) is 0 Å². The first-order valence-electron chi connectivity index (χ1n) is 8.55. The number of rotatable bonds is 3. The third-order valence-electron chi connectivity index (χ3n) is 5.08. The van der Waals surface area contributed by atoms with Crippen LogP contribution in [0.3, 0.4) is 0 Å². The molecule has 0 radical (unpaired) electrons. The molecule has 4 rings (SSSR count). The normalized spacial score (nSPS) is 23.1. The van der Waals surface area contributed by atoms with Crippen LogP contribution in [0.4, 0.5) is 0 Å². The number of carbonyl (C=O) groups is 2. The second-order valence-electron chi connectivity index (χ2n) is 7.14. The van der Waals surface area contributed by atoms with Crippen molar-refractivity contribution < 1.29 is 9.59 Å². The molecule has 0 spiro atoms. The van der Waals surface area contributed by atoms with E-state index in [1.54, 1.807) is 0 Å². The van der Waals surface area contributed by atoms with Crippen LogP contribution in [0, 0.1) is 5.92 Å². The number of imidazole rings is 1. The van der Waals surface area contributed by atoms with Crippen molar-refractivity contribution in [3.63, 3.8) is 0 Å². The van der Waals surface area contributed by atoms with Crippen LogP contribution in [0.2, 0.25) is 0 Å². The van der Waals surface area contributed by atoms with Gasteiger partial charge in [-0.25, -0.2) is 4.98 Å². The van der Waals surface area contributed by atoms with E-state index in [4.69, 9.17) is 4.98 Å². The lowest BCUT2D eigenvalue weighted by molar-refractivity contribution is -0.131. The zero-order valence-corrected chi connectivity index (χ0v) is 14.0. The molecule has 2 aromatic rings. The average molecular weight is 326 g/mol. The van der Waals surface area contributed by atoms with Crippen LogP contribution in [-0.4, -0.2) is 45.4 Å². The smallest absolute Gasteiger partial charge is 0.242 e. The van der Waals surface area contributed by atoms with Gasteiger partial charge in [0.2, 0.25) is 11.8 Å². The SMILES string of the molecule is CC(C)c1nc2ccccc2n1CC(=O)N1C[C@@H]2CC(=O)N[C@@H]2C1. The minimum absolute atomic E-state index is 0.101. The number of nitrogens with one attached hydrogen (secondary N) is 1. The van der Waals surface area contributed by atoms with Gasteiger partial charge in [-0.1, -0.05) is 26.0 Å². The maximum Gasteiger partial charge on any atom is 0.242 e. The Labute approximate surface area is 140 Å². The molecule has 0 saturated carbocycles. The molecule has 2 fully saturated rings. The van der Waals surface area contributed by atoms with E-state index in [9.17, 15) is 9.59 Å². The van der Waals surface area contributed by atoms with Crippen molar-refractivity contribution in [2.45, 2.75) is 38.8 Å². The molecule has 2 aliphatic rings. The van der Waals surface area contributed by atoms with E-state index in [1.165, 1.54) is 0 Å². The summed E-state index contributed by atoms with van der Waals surface area (Å²) in [5, 5.41) is 2.97. The molecule has 2 atom stereocenters. The van der Waals surface area contributed by atoms with Crippen molar-refractivity contribution in [1.82, 2.24) is 19.8 Å². The molecule has 1 aromatic heterocycles. The van der Waals surface area contributed by atoms with Crippen LogP contribution in [0.1, 0.15) is 32.0 Å². The van der Waals surface area contributed by atoms with Gasteiger partial charge in [-0.05, 0) is 12.1 Å². The summed E-state index contributed by atoms with van der Waals surface area (Å²) in [6.45, 7) is 5.79. The van der Waals surface area contributed by atoms with Crippen molar-refractivity contribution in [3.05, 3.63) is 30.1 Å². The molecule has 6 nitrogen and oxygen atoms in total. The Morgan fingerprint density at radius 1 is 1.33 bits per heavy atom. The molecule has 0 aliphatic carbocycles. The van der Waals surface area contributed by atoms with Gasteiger partial charge >= 0.3 is 0 Å². The molecule has 2 saturated heterocycles. The fraction of sp³-hybridized carbons (Fsp3) is 0.500. The number of aromatic nitrogens is 2. The lowest BCUT2D eigenvalue weighted by atomic mass is 10.1. The van der Waals surface area contributed by atoms with Gasteiger partial charge in [0.05, 0.1) is 17.1 Å². The summed E-state index contributed by atoms with van der Waals surface area (Å²) in [5.41, 5.74) is 1.93. The summed E-state index contributed by atoms with van der Waals surface area (Å²) in [7, 11) is 0. The highest BCUT2D eigenvalue weighted by Gasteiger charge is 2.41. The minimum atomic E-state index is 0.101. The number of nitrogens with zero attached hydrogens (tertiary/aromatic N) is 3. The summed E-state index contributed by atoms with van der Waals surface area (Å²) in [4.78, 5) is 30.8. The molecule has 2 aliphatic heterocycles. The molecular formula is C18H22N4O2. The van der Waals surface area contributed by atoms with Crippen molar-refractivity contribution in [2.24, 2.45) is 5.92 Å². The molecule has 24 heavy (non-hydrogen) atoms. The largest absolute Gasteiger partial charge is 0.351 e. The van der Waals surface area contributed by atoms with E-state index in [-0.39, 0.29) is 29.7 Å². The second kappa shape index (κ2) is 5.61. The third-order valence-corrected chi connectivity index (χ3v) is 5.08. The van der Waals surface area contributed by atoms with Crippen molar-refractivity contribution in [1.29, 1.82) is 0 Å². The summed E-state index contributed by atoms with van der Waals surface area (Å²) >= 11 is 0. The van der Waals surface area contributed by atoms with Crippen molar-refractivity contribution >= 4 is 22.8 Å². The second-order valence-corrected chi connectivity index (χ2v) is 7.14. The van der Waals surface area contributed by atoms with Crippen molar-refractivity contribution in [3.8, 4) is 0 Å². The first-order chi connectivity index (χ1) is 11.5. The summed E-state index contributed by atoms with van der Waals surface area (Å²) in [6.07, 6.45) is 0.541. The van der Waals surface area contributed by atoms with Gasteiger partial charge in [0.1, 0.15) is 12.4 Å². The molecule has 0 unspecified atom stereocenters. The van der Waals surface area contributed by atoms with Crippen LogP contribution < -0.4 is 5.32 Å². The first-order valence-corrected chi connectivity index (χ1v) is 8.55. The maximum atomic E-state index is 12.8. The Bertz CT molecular complexity index is 794. The van der Waals surface area contributed by atoms with Gasteiger partial charge in [0.15, 0.2) is 0 Å². The van der Waals surface area contributed by atoms with Crippen molar-refractivity contribution in [2.75, 3.05) is 13.1 Å². The molecule has 1 N–H and O–H groups in total. The quantitative estimate of drug-likeness (QED) is 0.929. The molecule has 0 bridgehead atoms. The average Bonchev–Trinajstić information content (AvgIpc) is 3.18. The summed E-state index contributed by atoms with van der Waals surface area (Å²) in [6, 6.07) is 8.07. The molecule has 126 valence electrons. The third kappa shape index (κ3) is 2.46.